The van der Waals surface area contributed by atoms with Crippen molar-refractivity contribution in [1.82, 2.24) is 10.2 Å². The van der Waals surface area contributed by atoms with Crippen molar-refractivity contribution in [3.8, 4) is 0 Å². The third kappa shape index (κ3) is 7.37. The number of hydrogen-bond donors (Lipinski definition) is 1. The van der Waals surface area contributed by atoms with Crippen LogP contribution in [0.4, 0.5) is 0 Å². The van der Waals surface area contributed by atoms with Crippen LogP contribution in [-0.2, 0) is 21.9 Å². The number of aryl methyl sites for hydroxylation is 1. The van der Waals surface area contributed by atoms with E-state index in [1.165, 1.54) is 11.8 Å². The van der Waals surface area contributed by atoms with E-state index in [9.17, 15) is 9.59 Å². The molecule has 4 nitrogen and oxygen atoms in total. The van der Waals surface area contributed by atoms with Crippen LogP contribution in [-0.4, -0.2) is 34.6 Å². The summed E-state index contributed by atoms with van der Waals surface area (Å²) in [7, 11) is 0. The number of benzene rings is 2. The fraction of sp³-hybridized carbons (Fsp3) is 0.417. The van der Waals surface area contributed by atoms with Crippen LogP contribution in [0.2, 0.25) is 5.02 Å². The molecule has 0 aliphatic rings. The molecule has 2 rings (SSSR count). The van der Waals surface area contributed by atoms with Crippen molar-refractivity contribution in [2.45, 2.75) is 58.5 Å². The number of halogens is 1. The van der Waals surface area contributed by atoms with Crippen LogP contribution in [0.5, 0.6) is 0 Å². The van der Waals surface area contributed by atoms with Gasteiger partial charge in [-0.05, 0) is 44.4 Å². The number of nitrogens with one attached hydrogen (secondary N) is 1. The van der Waals surface area contributed by atoms with Gasteiger partial charge in [-0.2, -0.15) is 0 Å². The molecule has 0 aromatic heterocycles. The SMILES string of the molecule is CCC(C)NC(=O)C(C)N(Cc1cccc(C)c1)C(=O)CSCc1ccccc1Cl. The maximum absolute atomic E-state index is 13.1. The first-order chi connectivity index (χ1) is 14.3. The molecule has 0 heterocycles. The van der Waals surface area contributed by atoms with Crippen LogP contribution in [0.15, 0.2) is 48.5 Å². The lowest BCUT2D eigenvalue weighted by Crippen LogP contribution is -2.50. The topological polar surface area (TPSA) is 49.4 Å². The molecule has 6 heteroatoms. The molecule has 0 radical (unpaired) electrons. The smallest absolute Gasteiger partial charge is 0.242 e. The minimum atomic E-state index is -0.548. The van der Waals surface area contributed by atoms with Crippen molar-refractivity contribution in [2.24, 2.45) is 0 Å². The molecule has 0 bridgehead atoms. The maximum atomic E-state index is 13.1. The predicted octanol–water partition coefficient (Wildman–Crippen LogP) is 5.21. The van der Waals surface area contributed by atoms with Crippen LogP contribution in [0, 0.1) is 6.92 Å². The van der Waals surface area contributed by atoms with Crippen LogP contribution in [0.1, 0.15) is 43.9 Å². The molecule has 0 saturated heterocycles. The highest BCUT2D eigenvalue weighted by Gasteiger charge is 2.26. The third-order valence-electron chi connectivity index (χ3n) is 5.04. The van der Waals surface area contributed by atoms with Crippen molar-refractivity contribution in [2.75, 3.05) is 5.75 Å². The second-order valence-corrected chi connectivity index (χ2v) is 8.98. The van der Waals surface area contributed by atoms with Crippen LogP contribution in [0.3, 0.4) is 0 Å². The van der Waals surface area contributed by atoms with E-state index in [0.29, 0.717) is 17.3 Å². The first-order valence-corrected chi connectivity index (χ1v) is 11.8. The molecule has 2 unspecified atom stereocenters. The number of amides is 2. The Balaban J connectivity index is 2.09. The number of rotatable bonds is 10. The molecule has 2 amide bonds. The zero-order chi connectivity index (χ0) is 22.1. The molecular weight excluding hydrogens is 416 g/mol. The molecule has 30 heavy (non-hydrogen) atoms. The number of nitrogens with zero attached hydrogens (tertiary/aromatic N) is 1. The quantitative estimate of drug-likeness (QED) is 0.544. The maximum Gasteiger partial charge on any atom is 0.242 e. The van der Waals surface area contributed by atoms with Gasteiger partial charge in [0.05, 0.1) is 5.75 Å². The summed E-state index contributed by atoms with van der Waals surface area (Å²) in [5.74, 6) is 0.761. The number of hydrogen-bond acceptors (Lipinski definition) is 3. The van der Waals surface area contributed by atoms with Gasteiger partial charge in [-0.25, -0.2) is 0 Å². The van der Waals surface area contributed by atoms with E-state index in [2.05, 4.69) is 11.4 Å². The Hall–Kier alpha value is -1.98. The Morgan fingerprint density at radius 2 is 1.87 bits per heavy atom. The Labute approximate surface area is 189 Å². The molecule has 1 N–H and O–H groups in total. The average Bonchev–Trinajstić information content (AvgIpc) is 2.72. The minimum Gasteiger partial charge on any atom is -0.352 e. The summed E-state index contributed by atoms with van der Waals surface area (Å²) < 4.78 is 0. The predicted molar refractivity (Wildman–Crippen MR) is 127 cm³/mol. The zero-order valence-corrected chi connectivity index (χ0v) is 19.7. The fourth-order valence-electron chi connectivity index (χ4n) is 3.00. The summed E-state index contributed by atoms with van der Waals surface area (Å²) >= 11 is 7.73. The van der Waals surface area contributed by atoms with Gasteiger partial charge in [-0.3, -0.25) is 9.59 Å². The van der Waals surface area contributed by atoms with Crippen LogP contribution in [0.25, 0.3) is 0 Å². The van der Waals surface area contributed by atoms with Gasteiger partial charge < -0.3 is 10.2 Å². The Morgan fingerprint density at radius 1 is 1.13 bits per heavy atom. The summed E-state index contributed by atoms with van der Waals surface area (Å²) in [5.41, 5.74) is 3.15. The van der Waals surface area contributed by atoms with Crippen molar-refractivity contribution in [3.63, 3.8) is 0 Å². The summed E-state index contributed by atoms with van der Waals surface area (Å²) in [6.07, 6.45) is 0.845. The van der Waals surface area contributed by atoms with Gasteiger partial charge in [0.1, 0.15) is 6.04 Å². The summed E-state index contributed by atoms with van der Waals surface area (Å²) in [6, 6.07) is 15.2. The van der Waals surface area contributed by atoms with Crippen LogP contribution < -0.4 is 5.32 Å². The monoisotopic (exact) mass is 446 g/mol. The summed E-state index contributed by atoms with van der Waals surface area (Å²) in [6.45, 7) is 8.22. The van der Waals surface area contributed by atoms with E-state index in [1.54, 1.807) is 11.8 Å². The molecule has 0 saturated carbocycles. The Bertz CT molecular complexity index is 859. The Morgan fingerprint density at radius 3 is 2.53 bits per heavy atom. The van der Waals surface area contributed by atoms with Crippen LogP contribution >= 0.6 is 23.4 Å². The highest BCUT2D eigenvalue weighted by atomic mass is 35.5. The normalized spacial score (nSPS) is 12.8. The second kappa shape index (κ2) is 12.0. The average molecular weight is 447 g/mol. The molecule has 0 aliphatic carbocycles. The standard InChI is InChI=1S/C24H31ClN2O2S/c1-5-18(3)26-24(29)19(4)27(14-20-10-8-9-17(2)13-20)23(28)16-30-15-21-11-6-7-12-22(21)25/h6-13,18-19H,5,14-16H2,1-4H3,(H,26,29). The largest absolute Gasteiger partial charge is 0.352 e. The molecule has 2 aromatic rings. The van der Waals surface area contributed by atoms with Gasteiger partial charge in [0.2, 0.25) is 11.8 Å². The highest BCUT2D eigenvalue weighted by molar-refractivity contribution is 7.99. The molecule has 2 atom stereocenters. The lowest BCUT2D eigenvalue weighted by atomic mass is 10.1. The number of thioether (sulfide) groups is 1. The second-order valence-electron chi connectivity index (χ2n) is 7.59. The highest BCUT2D eigenvalue weighted by Crippen LogP contribution is 2.22. The molecule has 0 fully saturated rings. The molecule has 0 aliphatic heterocycles. The third-order valence-corrected chi connectivity index (χ3v) is 6.38. The van der Waals surface area contributed by atoms with E-state index in [-0.39, 0.29) is 23.6 Å². The fourth-order valence-corrected chi connectivity index (χ4v) is 4.20. The summed E-state index contributed by atoms with van der Waals surface area (Å²) in [5, 5.41) is 3.70. The van der Waals surface area contributed by atoms with Gasteiger partial charge >= 0.3 is 0 Å². The van der Waals surface area contributed by atoms with E-state index >= 15 is 0 Å². The molecular formula is C24H31ClN2O2S. The molecule has 0 spiro atoms. The van der Waals surface area contributed by atoms with E-state index in [4.69, 9.17) is 11.6 Å². The van der Waals surface area contributed by atoms with Gasteiger partial charge in [0.25, 0.3) is 0 Å². The first kappa shape index (κ1) is 24.3. The Kier molecular flexibility index (Phi) is 9.73. The van der Waals surface area contributed by atoms with Gasteiger partial charge in [0, 0.05) is 23.4 Å². The van der Waals surface area contributed by atoms with Gasteiger partial charge in [0.15, 0.2) is 0 Å². The lowest BCUT2D eigenvalue weighted by molar-refractivity contribution is -0.138. The number of carbonyl (C=O) groups is 2. The van der Waals surface area contributed by atoms with E-state index in [1.807, 2.05) is 63.2 Å². The van der Waals surface area contributed by atoms with Crippen molar-refractivity contribution in [3.05, 3.63) is 70.2 Å². The van der Waals surface area contributed by atoms with Gasteiger partial charge in [-0.15, -0.1) is 11.8 Å². The van der Waals surface area contributed by atoms with Crippen molar-refractivity contribution in [1.29, 1.82) is 0 Å². The summed E-state index contributed by atoms with van der Waals surface area (Å²) in [4.78, 5) is 27.5. The molecule has 162 valence electrons. The van der Waals surface area contributed by atoms with E-state index < -0.39 is 6.04 Å². The lowest BCUT2D eigenvalue weighted by Gasteiger charge is -2.29. The first-order valence-electron chi connectivity index (χ1n) is 10.3. The van der Waals surface area contributed by atoms with Crippen molar-refractivity contribution >= 4 is 35.2 Å². The van der Waals surface area contributed by atoms with Gasteiger partial charge in [-0.1, -0.05) is 66.6 Å². The zero-order valence-electron chi connectivity index (χ0n) is 18.2. The van der Waals surface area contributed by atoms with Crippen molar-refractivity contribution < 1.29 is 9.59 Å². The van der Waals surface area contributed by atoms with E-state index in [0.717, 1.165) is 23.1 Å². The number of carbonyl (C=O) groups excluding carboxylic acids is 2. The molecule has 2 aromatic carbocycles. The minimum absolute atomic E-state index is 0.0552.